The Hall–Kier alpha value is -0.160. The minimum atomic E-state index is -0.829. The number of aliphatic hydroxyl groups is 3. The first-order valence-corrected chi connectivity index (χ1v) is 6.93. The third-order valence-electron chi connectivity index (χ3n) is 3.67. The molecule has 0 bridgehead atoms. The van der Waals surface area contributed by atoms with Crippen molar-refractivity contribution in [2.24, 2.45) is 0 Å². The summed E-state index contributed by atoms with van der Waals surface area (Å²) in [5, 5.41) is 31.5. The predicted molar refractivity (Wildman–Crippen MR) is 67.8 cm³/mol. The fourth-order valence-electron chi connectivity index (χ4n) is 2.51. The summed E-state index contributed by atoms with van der Waals surface area (Å²) >= 11 is 0. The molecule has 0 amide bonds. The van der Waals surface area contributed by atoms with E-state index in [9.17, 15) is 10.2 Å². The summed E-state index contributed by atoms with van der Waals surface area (Å²) in [5.74, 6) is 0. The van der Waals surface area contributed by atoms with Crippen LogP contribution in [0, 0.1) is 0 Å². The first-order chi connectivity index (χ1) is 8.20. The molecule has 0 aromatic rings. The lowest BCUT2D eigenvalue weighted by Crippen LogP contribution is -2.36. The highest BCUT2D eigenvalue weighted by Gasteiger charge is 2.39. The van der Waals surface area contributed by atoms with Crippen LogP contribution in [0.1, 0.15) is 51.9 Å². The summed E-state index contributed by atoms with van der Waals surface area (Å²) in [6.07, 6.45) is 6.67. The first-order valence-electron chi connectivity index (χ1n) is 6.93. The summed E-state index contributed by atoms with van der Waals surface area (Å²) in [7, 11) is 0. The Morgan fingerprint density at radius 3 is 2.06 bits per heavy atom. The molecule has 102 valence electrons. The van der Waals surface area contributed by atoms with Crippen molar-refractivity contribution in [2.45, 2.75) is 76.2 Å². The molecule has 0 radical (unpaired) electrons. The number of nitrogens with one attached hydrogen (secondary N) is 1. The maximum absolute atomic E-state index is 9.78. The highest BCUT2D eigenvalue weighted by molar-refractivity contribution is 4.97. The van der Waals surface area contributed by atoms with Gasteiger partial charge in [0.1, 0.15) is 0 Å². The van der Waals surface area contributed by atoms with Gasteiger partial charge >= 0.3 is 0 Å². The van der Waals surface area contributed by atoms with E-state index in [1.807, 2.05) is 0 Å². The fourth-order valence-corrected chi connectivity index (χ4v) is 2.51. The molecule has 1 fully saturated rings. The standard InChI is InChI=1S/C13H27NO3/c1-2-3-4-5-6-7-8-10-12(16)13(17)11(9-15)14-10/h10-17H,2-9H2,1H3/t10-,11-,12-,13-/m1/s1. The third-order valence-corrected chi connectivity index (χ3v) is 3.67. The average molecular weight is 245 g/mol. The van der Waals surface area contributed by atoms with Crippen LogP contribution in [0.25, 0.3) is 0 Å². The summed E-state index contributed by atoms with van der Waals surface area (Å²) in [6, 6.07) is -0.427. The van der Waals surface area contributed by atoms with E-state index >= 15 is 0 Å². The van der Waals surface area contributed by atoms with Crippen molar-refractivity contribution in [3.8, 4) is 0 Å². The number of unbranched alkanes of at least 4 members (excludes halogenated alkanes) is 5. The molecule has 0 saturated carbocycles. The first kappa shape index (κ1) is 14.9. The highest BCUT2D eigenvalue weighted by Crippen LogP contribution is 2.19. The van der Waals surface area contributed by atoms with E-state index in [1.54, 1.807) is 0 Å². The molecule has 1 aliphatic rings. The summed E-state index contributed by atoms with van der Waals surface area (Å²) in [6.45, 7) is 2.08. The lowest BCUT2D eigenvalue weighted by Gasteiger charge is -2.15. The van der Waals surface area contributed by atoms with Crippen LogP contribution in [0.5, 0.6) is 0 Å². The van der Waals surface area contributed by atoms with Gasteiger partial charge in [0.05, 0.1) is 24.9 Å². The van der Waals surface area contributed by atoms with Gasteiger partial charge in [0.25, 0.3) is 0 Å². The molecule has 0 unspecified atom stereocenters. The van der Waals surface area contributed by atoms with Crippen molar-refractivity contribution in [1.29, 1.82) is 0 Å². The molecule has 0 aromatic heterocycles. The van der Waals surface area contributed by atoms with Crippen molar-refractivity contribution in [1.82, 2.24) is 5.32 Å². The Bertz CT molecular complexity index is 201. The van der Waals surface area contributed by atoms with Gasteiger partial charge in [-0.15, -0.1) is 0 Å². The Morgan fingerprint density at radius 2 is 1.47 bits per heavy atom. The number of aliphatic hydroxyl groups excluding tert-OH is 3. The Labute approximate surface area is 104 Å². The van der Waals surface area contributed by atoms with Crippen molar-refractivity contribution in [3.63, 3.8) is 0 Å². The molecule has 0 aromatic carbocycles. The summed E-state index contributed by atoms with van der Waals surface area (Å²) in [5.41, 5.74) is 0. The zero-order chi connectivity index (χ0) is 12.7. The Kier molecular flexibility index (Phi) is 7.04. The topological polar surface area (TPSA) is 72.7 Å². The van der Waals surface area contributed by atoms with E-state index in [1.165, 1.54) is 32.1 Å². The van der Waals surface area contributed by atoms with Crippen LogP contribution in [-0.4, -0.2) is 46.2 Å². The van der Waals surface area contributed by atoms with Crippen LogP contribution in [0.15, 0.2) is 0 Å². The predicted octanol–water partition coefficient (Wildman–Crippen LogP) is 0.791. The van der Waals surface area contributed by atoms with Crippen molar-refractivity contribution in [2.75, 3.05) is 6.61 Å². The number of hydrogen-bond donors (Lipinski definition) is 4. The maximum atomic E-state index is 9.78. The van der Waals surface area contributed by atoms with Gasteiger partial charge in [-0.05, 0) is 6.42 Å². The zero-order valence-corrected chi connectivity index (χ0v) is 10.8. The van der Waals surface area contributed by atoms with E-state index in [0.29, 0.717) is 0 Å². The highest BCUT2D eigenvalue weighted by atomic mass is 16.3. The molecule has 1 aliphatic heterocycles. The molecule has 1 heterocycles. The molecule has 4 atom stereocenters. The SMILES string of the molecule is CCCCCCCC[C@H]1N[C@H](CO)[C@@H](O)[C@@H]1O. The van der Waals surface area contributed by atoms with Crippen LogP contribution in [0.4, 0.5) is 0 Å². The molecule has 1 saturated heterocycles. The quantitative estimate of drug-likeness (QED) is 0.477. The minimum Gasteiger partial charge on any atom is -0.395 e. The summed E-state index contributed by atoms with van der Waals surface area (Å²) in [4.78, 5) is 0. The molecule has 4 N–H and O–H groups in total. The number of rotatable bonds is 8. The van der Waals surface area contributed by atoms with Gasteiger partial charge in [-0.2, -0.15) is 0 Å². The van der Waals surface area contributed by atoms with Crippen LogP contribution in [-0.2, 0) is 0 Å². The van der Waals surface area contributed by atoms with E-state index < -0.39 is 12.2 Å². The lowest BCUT2D eigenvalue weighted by atomic mass is 10.0. The second kappa shape index (κ2) is 8.03. The van der Waals surface area contributed by atoms with Crippen LogP contribution >= 0.6 is 0 Å². The van der Waals surface area contributed by atoms with Crippen molar-refractivity contribution >= 4 is 0 Å². The van der Waals surface area contributed by atoms with Crippen molar-refractivity contribution in [3.05, 3.63) is 0 Å². The van der Waals surface area contributed by atoms with Gasteiger partial charge in [-0.3, -0.25) is 0 Å². The van der Waals surface area contributed by atoms with Gasteiger partial charge in [0.2, 0.25) is 0 Å². The van der Waals surface area contributed by atoms with Gasteiger partial charge in [0.15, 0.2) is 0 Å². The molecular weight excluding hydrogens is 218 g/mol. The lowest BCUT2D eigenvalue weighted by molar-refractivity contribution is 0.0186. The van der Waals surface area contributed by atoms with Crippen LogP contribution in [0.2, 0.25) is 0 Å². The number of hydrogen-bond acceptors (Lipinski definition) is 4. The van der Waals surface area contributed by atoms with E-state index in [2.05, 4.69) is 12.2 Å². The largest absolute Gasteiger partial charge is 0.395 e. The van der Waals surface area contributed by atoms with Crippen molar-refractivity contribution < 1.29 is 15.3 Å². The van der Waals surface area contributed by atoms with Crippen LogP contribution in [0.3, 0.4) is 0 Å². The maximum Gasteiger partial charge on any atom is 0.0989 e. The second-order valence-corrected chi connectivity index (χ2v) is 5.10. The molecule has 1 rings (SSSR count). The molecule has 0 aliphatic carbocycles. The zero-order valence-electron chi connectivity index (χ0n) is 10.8. The average Bonchev–Trinajstić information content (AvgIpc) is 2.61. The van der Waals surface area contributed by atoms with Gasteiger partial charge < -0.3 is 20.6 Å². The molecular formula is C13H27NO3. The Balaban J connectivity index is 2.11. The molecule has 4 nitrogen and oxygen atoms in total. The van der Waals surface area contributed by atoms with E-state index in [-0.39, 0.29) is 18.7 Å². The Morgan fingerprint density at radius 1 is 0.882 bits per heavy atom. The van der Waals surface area contributed by atoms with Gasteiger partial charge in [-0.25, -0.2) is 0 Å². The normalized spacial score (nSPS) is 33.2. The molecule has 4 heteroatoms. The van der Waals surface area contributed by atoms with E-state index in [4.69, 9.17) is 5.11 Å². The monoisotopic (exact) mass is 245 g/mol. The van der Waals surface area contributed by atoms with Gasteiger partial charge in [-0.1, -0.05) is 45.4 Å². The summed E-state index contributed by atoms with van der Waals surface area (Å²) < 4.78 is 0. The van der Waals surface area contributed by atoms with E-state index in [0.717, 1.165) is 12.8 Å². The fraction of sp³-hybridized carbons (Fsp3) is 1.00. The third kappa shape index (κ3) is 4.54. The minimum absolute atomic E-state index is 0.0617. The second-order valence-electron chi connectivity index (χ2n) is 5.10. The molecule has 17 heavy (non-hydrogen) atoms. The van der Waals surface area contributed by atoms with Gasteiger partial charge in [0, 0.05) is 6.04 Å². The smallest absolute Gasteiger partial charge is 0.0989 e. The van der Waals surface area contributed by atoms with Crippen LogP contribution < -0.4 is 5.32 Å². The molecule has 0 spiro atoms.